The van der Waals surface area contributed by atoms with Crippen molar-refractivity contribution in [1.29, 1.82) is 0 Å². The predicted octanol–water partition coefficient (Wildman–Crippen LogP) is 3.02. The summed E-state index contributed by atoms with van der Waals surface area (Å²) in [5, 5.41) is 3.42. The molecule has 0 aromatic heterocycles. The molecule has 2 heteroatoms. The van der Waals surface area contributed by atoms with Gasteiger partial charge in [0.15, 0.2) is 0 Å². The molecule has 0 aliphatic heterocycles. The molecule has 1 N–H and O–H groups in total. The van der Waals surface area contributed by atoms with Crippen LogP contribution in [0.3, 0.4) is 0 Å². The third kappa shape index (κ3) is 5.55. The van der Waals surface area contributed by atoms with Crippen LogP contribution in [0.4, 0.5) is 0 Å². The average Bonchev–Trinajstić information content (AvgIpc) is 2.34. The predicted molar refractivity (Wildman–Crippen MR) is 74.8 cm³/mol. The molecule has 0 heterocycles. The van der Waals surface area contributed by atoms with E-state index in [0.717, 1.165) is 31.9 Å². The summed E-state index contributed by atoms with van der Waals surface area (Å²) in [7, 11) is 0. The minimum Gasteiger partial charge on any atom is -0.370 e. The Kier molecular flexibility index (Phi) is 6.41. The molecule has 0 amide bonds. The molecule has 1 aromatic rings. The summed E-state index contributed by atoms with van der Waals surface area (Å²) in [4.78, 5) is 2.32. The molecule has 0 aliphatic carbocycles. The highest BCUT2D eigenvalue weighted by Gasteiger charge is 2.04. The number of nitrogens with one attached hydrogen (secondary N) is 1. The molecule has 0 fully saturated rings. The first-order valence-electron chi connectivity index (χ1n) is 6.39. The second-order valence-corrected chi connectivity index (χ2v) is 4.39. The fourth-order valence-electron chi connectivity index (χ4n) is 1.72. The Labute approximate surface area is 105 Å². The van der Waals surface area contributed by atoms with Crippen molar-refractivity contribution in [3.05, 3.63) is 48.2 Å². The molecule has 0 atom stereocenters. The van der Waals surface area contributed by atoms with Gasteiger partial charge < -0.3 is 10.2 Å². The third-order valence-corrected chi connectivity index (χ3v) is 2.74. The highest BCUT2D eigenvalue weighted by molar-refractivity contribution is 5.15. The molecule has 0 radical (unpaired) electrons. The van der Waals surface area contributed by atoms with Gasteiger partial charge in [-0.1, -0.05) is 43.8 Å². The van der Waals surface area contributed by atoms with E-state index < -0.39 is 0 Å². The maximum absolute atomic E-state index is 4.05. The Hall–Kier alpha value is -1.28. The Balaban J connectivity index is 2.41. The summed E-state index contributed by atoms with van der Waals surface area (Å²) in [5.41, 5.74) is 2.47. The van der Waals surface area contributed by atoms with E-state index in [2.05, 4.69) is 61.0 Å². The molecule has 2 nitrogen and oxygen atoms in total. The Morgan fingerprint density at radius 2 is 1.94 bits per heavy atom. The fraction of sp³-hybridized carbons (Fsp3) is 0.467. The highest BCUT2D eigenvalue weighted by atomic mass is 15.1. The molecule has 0 saturated heterocycles. The van der Waals surface area contributed by atoms with E-state index in [0.29, 0.717) is 0 Å². The lowest BCUT2D eigenvalue weighted by molar-refractivity contribution is 0.336. The van der Waals surface area contributed by atoms with E-state index in [4.69, 9.17) is 0 Å². The summed E-state index contributed by atoms with van der Waals surface area (Å²) in [6.07, 6.45) is 1.19. The summed E-state index contributed by atoms with van der Waals surface area (Å²) in [6, 6.07) is 10.5. The fourth-order valence-corrected chi connectivity index (χ4v) is 1.72. The number of hydrogen-bond donors (Lipinski definition) is 1. The lowest BCUT2D eigenvalue weighted by atomic mass is 10.2. The zero-order valence-corrected chi connectivity index (χ0v) is 11.1. The minimum absolute atomic E-state index is 0.948. The van der Waals surface area contributed by atoms with Crippen molar-refractivity contribution in [3.8, 4) is 0 Å². The van der Waals surface area contributed by atoms with Crippen LogP contribution in [0.2, 0.25) is 0 Å². The second-order valence-electron chi connectivity index (χ2n) is 4.39. The van der Waals surface area contributed by atoms with Gasteiger partial charge in [0.2, 0.25) is 0 Å². The molecule has 1 aromatic carbocycles. The molecule has 0 unspecified atom stereocenters. The zero-order valence-electron chi connectivity index (χ0n) is 11.1. The van der Waals surface area contributed by atoms with Crippen molar-refractivity contribution in [2.75, 3.05) is 19.6 Å². The van der Waals surface area contributed by atoms with Crippen molar-refractivity contribution >= 4 is 0 Å². The quantitative estimate of drug-likeness (QED) is 0.693. The van der Waals surface area contributed by atoms with E-state index in [1.165, 1.54) is 12.0 Å². The van der Waals surface area contributed by atoms with Crippen molar-refractivity contribution in [2.24, 2.45) is 0 Å². The van der Waals surface area contributed by atoms with Crippen LogP contribution in [0.5, 0.6) is 0 Å². The average molecular weight is 232 g/mol. The smallest absolute Gasteiger partial charge is 0.0426 e. The topological polar surface area (TPSA) is 15.3 Å². The number of hydrogen-bond acceptors (Lipinski definition) is 2. The molecule has 0 aliphatic rings. The maximum atomic E-state index is 4.05. The van der Waals surface area contributed by atoms with Crippen LogP contribution >= 0.6 is 0 Å². The maximum Gasteiger partial charge on any atom is 0.0426 e. The number of nitrogens with zero attached hydrogens (tertiary/aromatic N) is 1. The lowest BCUT2D eigenvalue weighted by Crippen LogP contribution is -2.30. The Morgan fingerprint density at radius 3 is 2.53 bits per heavy atom. The van der Waals surface area contributed by atoms with Crippen LogP contribution in [0.15, 0.2) is 42.6 Å². The molecule has 0 saturated carbocycles. The van der Waals surface area contributed by atoms with Gasteiger partial charge in [0.25, 0.3) is 0 Å². The van der Waals surface area contributed by atoms with Gasteiger partial charge in [0.1, 0.15) is 0 Å². The van der Waals surface area contributed by atoms with Crippen molar-refractivity contribution in [3.63, 3.8) is 0 Å². The van der Waals surface area contributed by atoms with E-state index in [9.17, 15) is 0 Å². The first kappa shape index (κ1) is 13.8. The van der Waals surface area contributed by atoms with Gasteiger partial charge >= 0.3 is 0 Å². The van der Waals surface area contributed by atoms with E-state index in [-0.39, 0.29) is 0 Å². The SMILES string of the molecule is C=C(C)N(CCNCCC)Cc1ccccc1. The third-order valence-electron chi connectivity index (χ3n) is 2.74. The second kappa shape index (κ2) is 7.91. The summed E-state index contributed by atoms with van der Waals surface area (Å²) < 4.78 is 0. The Bertz CT molecular complexity index is 319. The molecule has 0 spiro atoms. The molecule has 17 heavy (non-hydrogen) atoms. The van der Waals surface area contributed by atoms with Crippen LogP contribution in [-0.2, 0) is 6.54 Å². The minimum atomic E-state index is 0.948. The number of benzene rings is 1. The summed E-state index contributed by atoms with van der Waals surface area (Å²) >= 11 is 0. The number of allylic oxidation sites excluding steroid dienone is 1. The van der Waals surface area contributed by atoms with Gasteiger partial charge in [-0.3, -0.25) is 0 Å². The van der Waals surface area contributed by atoms with Crippen LogP contribution in [0.25, 0.3) is 0 Å². The lowest BCUT2D eigenvalue weighted by Gasteiger charge is -2.25. The monoisotopic (exact) mass is 232 g/mol. The van der Waals surface area contributed by atoms with Gasteiger partial charge in [-0.25, -0.2) is 0 Å². The molecule has 1 rings (SSSR count). The standard InChI is InChI=1S/C15H24N2/c1-4-10-16-11-12-17(14(2)3)13-15-8-6-5-7-9-15/h5-9,16H,2,4,10-13H2,1,3H3. The Morgan fingerprint density at radius 1 is 1.24 bits per heavy atom. The largest absolute Gasteiger partial charge is 0.370 e. The number of rotatable bonds is 8. The van der Waals surface area contributed by atoms with Crippen LogP contribution in [0.1, 0.15) is 25.8 Å². The molecular formula is C15H24N2. The normalized spacial score (nSPS) is 10.2. The van der Waals surface area contributed by atoms with Gasteiger partial charge in [0.05, 0.1) is 0 Å². The van der Waals surface area contributed by atoms with Gasteiger partial charge in [-0.2, -0.15) is 0 Å². The van der Waals surface area contributed by atoms with Crippen LogP contribution in [0, 0.1) is 0 Å². The van der Waals surface area contributed by atoms with E-state index in [1.807, 2.05) is 0 Å². The first-order valence-corrected chi connectivity index (χ1v) is 6.39. The highest BCUT2D eigenvalue weighted by Crippen LogP contribution is 2.08. The van der Waals surface area contributed by atoms with Crippen LogP contribution < -0.4 is 5.32 Å². The van der Waals surface area contributed by atoms with Crippen LogP contribution in [-0.4, -0.2) is 24.5 Å². The summed E-state index contributed by atoms with van der Waals surface area (Å²) in [5.74, 6) is 0. The summed E-state index contributed by atoms with van der Waals surface area (Å²) in [6.45, 7) is 12.4. The molecule has 94 valence electrons. The van der Waals surface area contributed by atoms with E-state index in [1.54, 1.807) is 0 Å². The van der Waals surface area contributed by atoms with Gasteiger partial charge in [0, 0.05) is 25.3 Å². The zero-order chi connectivity index (χ0) is 12.5. The first-order chi connectivity index (χ1) is 8.24. The van der Waals surface area contributed by atoms with Gasteiger partial charge in [-0.15, -0.1) is 0 Å². The molecular weight excluding hydrogens is 208 g/mol. The van der Waals surface area contributed by atoms with Gasteiger partial charge in [-0.05, 0) is 25.5 Å². The van der Waals surface area contributed by atoms with E-state index >= 15 is 0 Å². The van der Waals surface area contributed by atoms with Crippen molar-refractivity contribution < 1.29 is 0 Å². The molecule has 0 bridgehead atoms. The van der Waals surface area contributed by atoms with Crippen molar-refractivity contribution in [1.82, 2.24) is 10.2 Å². The van der Waals surface area contributed by atoms with Crippen molar-refractivity contribution in [2.45, 2.75) is 26.8 Å².